The number of rotatable bonds is 5. The van der Waals surface area contributed by atoms with Crippen LogP contribution in [0.5, 0.6) is 17.2 Å². The number of fused-ring (bicyclic) bond motifs is 3. The van der Waals surface area contributed by atoms with Crippen molar-refractivity contribution in [3.05, 3.63) is 29.5 Å². The van der Waals surface area contributed by atoms with Gasteiger partial charge in [-0.1, -0.05) is 32.9 Å². The zero-order valence-electron chi connectivity index (χ0n) is 21.8. The molecule has 6 rings (SSSR count). The molecule has 1 saturated carbocycles. The van der Waals surface area contributed by atoms with E-state index in [4.69, 9.17) is 33.7 Å². The summed E-state index contributed by atoms with van der Waals surface area (Å²) in [4.78, 5) is 17.9. The van der Waals surface area contributed by atoms with Crippen LogP contribution in [-0.2, 0) is 19.1 Å². The number of oxime groups is 1. The van der Waals surface area contributed by atoms with Gasteiger partial charge in [-0.25, -0.2) is 5.48 Å². The summed E-state index contributed by atoms with van der Waals surface area (Å²) in [6.45, 7) is 10.2. The first-order valence-corrected chi connectivity index (χ1v) is 12.9. The highest BCUT2D eigenvalue weighted by Crippen LogP contribution is 2.63. The first-order valence-electron chi connectivity index (χ1n) is 12.9. The third-order valence-electron chi connectivity index (χ3n) is 8.82. The molecule has 37 heavy (non-hydrogen) atoms. The Morgan fingerprint density at radius 2 is 1.97 bits per heavy atom. The van der Waals surface area contributed by atoms with Crippen molar-refractivity contribution in [2.75, 3.05) is 13.6 Å². The van der Waals surface area contributed by atoms with E-state index in [-0.39, 0.29) is 37.4 Å². The summed E-state index contributed by atoms with van der Waals surface area (Å²) in [6, 6.07) is 3.96. The van der Waals surface area contributed by atoms with E-state index in [1.165, 1.54) is 0 Å². The lowest BCUT2D eigenvalue weighted by Gasteiger charge is -2.55. The quantitative estimate of drug-likeness (QED) is 0.446. The molecule has 0 aromatic heterocycles. The minimum Gasteiger partial charge on any atom is -0.465 e. The lowest BCUT2D eigenvalue weighted by Crippen LogP contribution is -2.60. The molecule has 2 fully saturated rings. The van der Waals surface area contributed by atoms with Crippen LogP contribution in [0.15, 0.2) is 29.1 Å². The molecular weight excluding hydrogens is 480 g/mol. The monoisotopic (exact) mass is 514 g/mol. The van der Waals surface area contributed by atoms with E-state index >= 15 is 0 Å². The van der Waals surface area contributed by atoms with Gasteiger partial charge in [-0.05, 0) is 31.2 Å². The number of hydrogen-bond acceptors (Lipinski definition) is 9. The molecule has 2 N–H and O–H groups in total. The van der Waals surface area contributed by atoms with Crippen LogP contribution >= 0.6 is 0 Å². The van der Waals surface area contributed by atoms with E-state index in [1.54, 1.807) is 19.3 Å². The van der Waals surface area contributed by atoms with Crippen LogP contribution in [0.2, 0.25) is 0 Å². The van der Waals surface area contributed by atoms with Crippen molar-refractivity contribution in [1.82, 2.24) is 5.48 Å². The fraction of sp³-hybridized carbons (Fsp3) is 0.630. The second kappa shape index (κ2) is 8.52. The minimum atomic E-state index is -1.03. The minimum absolute atomic E-state index is 0.0150. The Morgan fingerprint density at radius 3 is 2.73 bits per heavy atom. The van der Waals surface area contributed by atoms with Gasteiger partial charge in [0.15, 0.2) is 24.1 Å². The molecule has 1 aromatic rings. The molecule has 1 amide bonds. The highest BCUT2D eigenvalue weighted by molar-refractivity contribution is 5.99. The number of amides is 1. The normalized spacial score (nSPS) is 34.8. The largest absolute Gasteiger partial charge is 0.465 e. The fourth-order valence-corrected chi connectivity index (χ4v) is 6.82. The Bertz CT molecular complexity index is 1180. The molecule has 3 aliphatic heterocycles. The van der Waals surface area contributed by atoms with E-state index in [0.717, 1.165) is 29.2 Å². The van der Waals surface area contributed by atoms with Crippen LogP contribution in [0, 0.1) is 29.1 Å². The first-order chi connectivity index (χ1) is 17.6. The van der Waals surface area contributed by atoms with Gasteiger partial charge in [-0.15, -0.1) is 0 Å². The second-order valence-electron chi connectivity index (χ2n) is 11.6. The summed E-state index contributed by atoms with van der Waals surface area (Å²) in [5, 5.41) is 13.7. The molecule has 10 heteroatoms. The molecule has 0 bridgehead atoms. The SMILES string of the molecule is CC(CC(C)(C)C(=O)NO)O/N=C1\C=C2OCO[C@@]23Oc2cc4c(cc2[C@H]2[C@H](C)[C@@H](C)C[C@H]1[C@H]23)OCO4. The Balaban J connectivity index is 1.37. The van der Waals surface area contributed by atoms with E-state index in [0.29, 0.717) is 29.8 Å². The smallest absolute Gasteiger partial charge is 0.276 e. The second-order valence-corrected chi connectivity index (χ2v) is 11.6. The first kappa shape index (κ1) is 24.4. The zero-order chi connectivity index (χ0) is 26.1. The van der Waals surface area contributed by atoms with Crippen LogP contribution < -0.4 is 19.7 Å². The van der Waals surface area contributed by atoms with Gasteiger partial charge in [0, 0.05) is 47.3 Å². The topological polar surface area (TPSA) is 117 Å². The summed E-state index contributed by atoms with van der Waals surface area (Å²) >= 11 is 0. The highest BCUT2D eigenvalue weighted by Gasteiger charge is 2.66. The third kappa shape index (κ3) is 3.67. The van der Waals surface area contributed by atoms with Gasteiger partial charge in [-0.3, -0.25) is 14.7 Å². The third-order valence-corrected chi connectivity index (χ3v) is 8.82. The van der Waals surface area contributed by atoms with Crippen molar-refractivity contribution in [1.29, 1.82) is 0 Å². The molecule has 2 aliphatic carbocycles. The van der Waals surface area contributed by atoms with Gasteiger partial charge < -0.3 is 23.8 Å². The van der Waals surface area contributed by atoms with Crippen molar-refractivity contribution >= 4 is 11.6 Å². The molecular formula is C27H34N2O8. The van der Waals surface area contributed by atoms with Gasteiger partial charge in [-0.2, -0.15) is 0 Å². The molecule has 7 atom stereocenters. The van der Waals surface area contributed by atoms with Crippen molar-refractivity contribution in [3.8, 4) is 17.2 Å². The summed E-state index contributed by atoms with van der Waals surface area (Å²) in [5.74, 6) is 2.06. The van der Waals surface area contributed by atoms with Crippen molar-refractivity contribution < 1.29 is 38.5 Å². The summed E-state index contributed by atoms with van der Waals surface area (Å²) in [7, 11) is 0. The maximum Gasteiger partial charge on any atom is 0.276 e. The maximum absolute atomic E-state index is 12.0. The van der Waals surface area contributed by atoms with Gasteiger partial charge in [0.2, 0.25) is 12.7 Å². The van der Waals surface area contributed by atoms with Crippen LogP contribution in [0.1, 0.15) is 58.9 Å². The number of nitrogens with zero attached hydrogens (tertiary/aromatic N) is 1. The van der Waals surface area contributed by atoms with Crippen molar-refractivity contribution in [3.63, 3.8) is 0 Å². The van der Waals surface area contributed by atoms with Crippen LogP contribution in [-0.4, -0.2) is 42.3 Å². The molecule has 1 saturated heterocycles. The molecule has 10 nitrogen and oxygen atoms in total. The summed E-state index contributed by atoms with van der Waals surface area (Å²) in [5.41, 5.74) is 2.79. The number of nitrogens with one attached hydrogen (secondary N) is 1. The van der Waals surface area contributed by atoms with Gasteiger partial charge in [0.1, 0.15) is 11.9 Å². The molecule has 5 aliphatic rings. The standard InChI is InChI=1S/C27H34N2O8/c1-13-6-16-18(29-37-14(2)10-26(4,5)25(30)28-31)8-22-27(35-12-34-22)24(16)23(15(13)3)17-7-20-21(33-11-32-20)9-19(17)36-27/h7-9,13-16,23-24,31H,6,10-12H2,1-5H3,(H,28,30)/b29-18+/t13-,14?,15+,16+,23+,24+,27+/m0/s1. The molecule has 1 unspecified atom stereocenters. The number of allylic oxidation sites excluding steroid dienone is 1. The van der Waals surface area contributed by atoms with E-state index in [1.807, 2.05) is 19.1 Å². The Morgan fingerprint density at radius 1 is 1.22 bits per heavy atom. The van der Waals surface area contributed by atoms with Crippen molar-refractivity contribution in [2.45, 2.75) is 65.3 Å². The molecule has 3 heterocycles. The van der Waals surface area contributed by atoms with Gasteiger partial charge in [0.25, 0.3) is 5.79 Å². The van der Waals surface area contributed by atoms with Crippen LogP contribution in [0.3, 0.4) is 0 Å². The number of carbonyl (C=O) groups excluding carboxylic acids is 1. The Labute approximate surface area is 215 Å². The number of carbonyl (C=O) groups is 1. The lowest BCUT2D eigenvalue weighted by molar-refractivity contribution is -0.204. The molecule has 0 radical (unpaired) electrons. The van der Waals surface area contributed by atoms with E-state index < -0.39 is 17.1 Å². The maximum atomic E-state index is 12.0. The predicted octanol–water partition coefficient (Wildman–Crippen LogP) is 4.08. The number of hydrogen-bond donors (Lipinski definition) is 2. The number of hydroxylamine groups is 1. The number of ether oxygens (including phenoxy) is 5. The summed E-state index contributed by atoms with van der Waals surface area (Å²) in [6.07, 6.45) is 2.81. The highest BCUT2D eigenvalue weighted by atomic mass is 16.8. The molecule has 1 spiro atoms. The summed E-state index contributed by atoms with van der Waals surface area (Å²) < 4.78 is 30.2. The average molecular weight is 515 g/mol. The molecule has 1 aromatic carbocycles. The van der Waals surface area contributed by atoms with Gasteiger partial charge in [0.05, 0.1) is 5.71 Å². The van der Waals surface area contributed by atoms with Crippen LogP contribution in [0.4, 0.5) is 0 Å². The number of benzene rings is 1. The lowest BCUT2D eigenvalue weighted by atomic mass is 9.54. The average Bonchev–Trinajstić information content (AvgIpc) is 3.48. The predicted molar refractivity (Wildman–Crippen MR) is 130 cm³/mol. The Kier molecular flexibility index (Phi) is 5.61. The van der Waals surface area contributed by atoms with Crippen LogP contribution in [0.25, 0.3) is 0 Å². The fourth-order valence-electron chi connectivity index (χ4n) is 6.82. The Hall–Kier alpha value is -2.98. The van der Waals surface area contributed by atoms with Crippen molar-refractivity contribution in [2.24, 2.45) is 34.2 Å². The van der Waals surface area contributed by atoms with E-state index in [2.05, 4.69) is 25.1 Å². The van der Waals surface area contributed by atoms with E-state index in [9.17, 15) is 4.79 Å². The van der Waals surface area contributed by atoms with Gasteiger partial charge >= 0.3 is 0 Å². The zero-order valence-corrected chi connectivity index (χ0v) is 21.8. The molecule has 200 valence electrons.